The lowest BCUT2D eigenvalue weighted by atomic mass is 10.1. The lowest BCUT2D eigenvalue weighted by molar-refractivity contribution is -0.137. The summed E-state index contributed by atoms with van der Waals surface area (Å²) in [7, 11) is 3.82. The van der Waals surface area contributed by atoms with E-state index in [1.54, 1.807) is 6.07 Å². The lowest BCUT2D eigenvalue weighted by Gasteiger charge is -2.27. The van der Waals surface area contributed by atoms with Crippen LogP contribution in [0.25, 0.3) is 0 Å². The molecule has 0 aliphatic heterocycles. The van der Waals surface area contributed by atoms with Crippen LogP contribution in [0, 0.1) is 0 Å². The molecular formula is C21H29F3N4O2. The predicted octanol–water partition coefficient (Wildman–Crippen LogP) is 3.79. The van der Waals surface area contributed by atoms with Crippen molar-refractivity contribution < 1.29 is 22.4 Å². The highest BCUT2D eigenvalue weighted by Crippen LogP contribution is 2.30. The number of alkyl halides is 3. The van der Waals surface area contributed by atoms with Gasteiger partial charge in [0.25, 0.3) is 5.91 Å². The summed E-state index contributed by atoms with van der Waals surface area (Å²) in [5.41, 5.74) is 0.0715. The average molecular weight is 426 g/mol. The van der Waals surface area contributed by atoms with Crippen LogP contribution >= 0.6 is 0 Å². The highest BCUT2D eigenvalue weighted by Gasteiger charge is 2.30. The van der Waals surface area contributed by atoms with Crippen molar-refractivity contribution in [1.29, 1.82) is 0 Å². The quantitative estimate of drug-likeness (QED) is 0.627. The van der Waals surface area contributed by atoms with Crippen molar-refractivity contribution in [3.05, 3.63) is 53.2 Å². The van der Waals surface area contributed by atoms with Gasteiger partial charge in [0.05, 0.1) is 12.1 Å². The van der Waals surface area contributed by atoms with E-state index >= 15 is 0 Å². The standard InChI is InChI=1S/C21H29F3N4O2/c1-5-15(2)28(12-16-7-6-8-17(11-16)21(22,23)24)13-19-26-18(14-30-19)20(29)25-9-10-27(3)4/h6-8,11,14-15H,5,9-10,12-13H2,1-4H3,(H,25,29). The number of aromatic nitrogens is 1. The molecule has 9 heteroatoms. The number of hydrogen-bond acceptors (Lipinski definition) is 5. The molecule has 1 atom stereocenters. The fraction of sp³-hybridized carbons (Fsp3) is 0.524. The van der Waals surface area contributed by atoms with Gasteiger partial charge >= 0.3 is 6.18 Å². The van der Waals surface area contributed by atoms with E-state index in [1.807, 2.05) is 37.7 Å². The molecule has 0 bridgehead atoms. The number of carbonyl (C=O) groups excluding carboxylic acids is 1. The fourth-order valence-electron chi connectivity index (χ4n) is 2.85. The van der Waals surface area contributed by atoms with Gasteiger partial charge in [-0.05, 0) is 39.1 Å². The van der Waals surface area contributed by atoms with Gasteiger partial charge in [-0.3, -0.25) is 9.69 Å². The van der Waals surface area contributed by atoms with Crippen LogP contribution in [0.5, 0.6) is 0 Å². The van der Waals surface area contributed by atoms with Crippen LogP contribution in [-0.2, 0) is 19.3 Å². The Morgan fingerprint density at radius 2 is 2.00 bits per heavy atom. The van der Waals surface area contributed by atoms with E-state index in [9.17, 15) is 18.0 Å². The monoisotopic (exact) mass is 426 g/mol. The Bertz CT molecular complexity index is 821. The van der Waals surface area contributed by atoms with Crippen molar-refractivity contribution in [1.82, 2.24) is 20.1 Å². The highest BCUT2D eigenvalue weighted by molar-refractivity contribution is 5.91. The van der Waals surface area contributed by atoms with E-state index < -0.39 is 11.7 Å². The molecule has 0 spiro atoms. The topological polar surface area (TPSA) is 61.6 Å². The molecule has 0 aliphatic rings. The summed E-state index contributed by atoms with van der Waals surface area (Å²) in [5.74, 6) is 0.0276. The van der Waals surface area contributed by atoms with Crippen molar-refractivity contribution in [3.8, 4) is 0 Å². The van der Waals surface area contributed by atoms with Crippen molar-refractivity contribution in [2.24, 2.45) is 0 Å². The normalized spacial score (nSPS) is 13.1. The zero-order valence-corrected chi connectivity index (χ0v) is 17.8. The van der Waals surface area contributed by atoms with Gasteiger partial charge in [-0.15, -0.1) is 0 Å². The molecule has 166 valence electrons. The summed E-state index contributed by atoms with van der Waals surface area (Å²) in [6.07, 6.45) is -2.27. The molecule has 0 fully saturated rings. The van der Waals surface area contributed by atoms with Gasteiger partial charge in [-0.1, -0.05) is 25.1 Å². The molecule has 2 rings (SSSR count). The molecule has 1 heterocycles. The molecule has 6 nitrogen and oxygen atoms in total. The minimum Gasteiger partial charge on any atom is -0.447 e. The Labute approximate surface area is 175 Å². The minimum absolute atomic E-state index is 0.0869. The maximum Gasteiger partial charge on any atom is 0.416 e. The molecule has 1 N–H and O–H groups in total. The van der Waals surface area contributed by atoms with Gasteiger partial charge in [0, 0.05) is 25.7 Å². The van der Waals surface area contributed by atoms with Crippen LogP contribution in [0.2, 0.25) is 0 Å². The van der Waals surface area contributed by atoms with E-state index in [2.05, 4.69) is 10.3 Å². The van der Waals surface area contributed by atoms with Gasteiger partial charge in [0.15, 0.2) is 5.69 Å². The Morgan fingerprint density at radius 3 is 2.63 bits per heavy atom. The number of hydrogen-bond donors (Lipinski definition) is 1. The van der Waals surface area contributed by atoms with Gasteiger partial charge in [0.1, 0.15) is 6.26 Å². The smallest absolute Gasteiger partial charge is 0.416 e. The Hall–Kier alpha value is -2.39. The van der Waals surface area contributed by atoms with Gasteiger partial charge in [0.2, 0.25) is 5.89 Å². The van der Waals surface area contributed by atoms with E-state index in [0.29, 0.717) is 31.1 Å². The SMILES string of the molecule is CCC(C)N(Cc1cccc(C(F)(F)F)c1)Cc1nc(C(=O)NCCN(C)C)co1. The van der Waals surface area contributed by atoms with Crippen LogP contribution < -0.4 is 5.32 Å². The largest absolute Gasteiger partial charge is 0.447 e. The summed E-state index contributed by atoms with van der Waals surface area (Å²) < 4.78 is 44.5. The number of halogens is 3. The molecule has 0 saturated heterocycles. The molecule has 0 saturated carbocycles. The minimum atomic E-state index is -4.38. The third-order valence-electron chi connectivity index (χ3n) is 4.82. The number of nitrogens with one attached hydrogen (secondary N) is 1. The van der Waals surface area contributed by atoms with Gasteiger partial charge in [-0.2, -0.15) is 13.2 Å². The zero-order valence-electron chi connectivity index (χ0n) is 17.8. The van der Waals surface area contributed by atoms with Crippen LogP contribution in [-0.4, -0.2) is 53.9 Å². The van der Waals surface area contributed by atoms with Crippen molar-refractivity contribution in [2.45, 2.75) is 45.6 Å². The fourth-order valence-corrected chi connectivity index (χ4v) is 2.85. The molecule has 1 amide bonds. The number of nitrogens with zero attached hydrogens (tertiary/aromatic N) is 3. The van der Waals surface area contributed by atoms with Crippen LogP contribution in [0.1, 0.15) is 47.8 Å². The Balaban J connectivity index is 2.07. The Kier molecular flexibility index (Phi) is 8.43. The van der Waals surface area contributed by atoms with Crippen molar-refractivity contribution in [2.75, 3.05) is 27.2 Å². The summed E-state index contributed by atoms with van der Waals surface area (Å²) in [5, 5.41) is 2.77. The number of rotatable bonds is 10. The van der Waals surface area contributed by atoms with E-state index in [4.69, 9.17) is 4.42 Å². The highest BCUT2D eigenvalue weighted by atomic mass is 19.4. The van der Waals surface area contributed by atoms with Crippen LogP contribution in [0.15, 0.2) is 34.9 Å². The molecule has 2 aromatic rings. The maximum atomic E-state index is 13.0. The average Bonchev–Trinajstić information content (AvgIpc) is 3.15. The second kappa shape index (κ2) is 10.6. The number of oxazole rings is 1. The lowest BCUT2D eigenvalue weighted by Crippen LogP contribution is -2.32. The first-order valence-corrected chi connectivity index (χ1v) is 9.87. The first-order chi connectivity index (χ1) is 14.1. The number of likely N-dealkylation sites (N-methyl/N-ethyl adjacent to an activating group) is 1. The van der Waals surface area contributed by atoms with E-state index in [0.717, 1.165) is 18.6 Å². The molecule has 1 unspecified atom stereocenters. The second-order valence-electron chi connectivity index (χ2n) is 7.55. The number of carbonyl (C=O) groups is 1. The molecule has 0 radical (unpaired) electrons. The summed E-state index contributed by atoms with van der Waals surface area (Å²) in [6.45, 7) is 5.79. The Morgan fingerprint density at radius 1 is 1.27 bits per heavy atom. The third kappa shape index (κ3) is 7.14. The van der Waals surface area contributed by atoms with Crippen molar-refractivity contribution >= 4 is 5.91 Å². The van der Waals surface area contributed by atoms with Gasteiger partial charge in [-0.25, -0.2) is 4.98 Å². The summed E-state index contributed by atoms with van der Waals surface area (Å²) >= 11 is 0. The molecular weight excluding hydrogens is 397 g/mol. The van der Waals surface area contributed by atoms with E-state index in [-0.39, 0.29) is 24.2 Å². The molecule has 30 heavy (non-hydrogen) atoms. The second-order valence-corrected chi connectivity index (χ2v) is 7.55. The van der Waals surface area contributed by atoms with E-state index in [1.165, 1.54) is 12.3 Å². The first kappa shape index (κ1) is 23.9. The molecule has 0 aliphatic carbocycles. The maximum absolute atomic E-state index is 13.0. The predicted molar refractivity (Wildman–Crippen MR) is 108 cm³/mol. The third-order valence-corrected chi connectivity index (χ3v) is 4.82. The molecule has 1 aromatic heterocycles. The zero-order chi connectivity index (χ0) is 22.3. The van der Waals surface area contributed by atoms with Crippen LogP contribution in [0.4, 0.5) is 13.2 Å². The summed E-state index contributed by atoms with van der Waals surface area (Å²) in [6, 6.07) is 5.39. The van der Waals surface area contributed by atoms with Gasteiger partial charge < -0.3 is 14.6 Å². The summed E-state index contributed by atoms with van der Waals surface area (Å²) in [4.78, 5) is 20.3. The van der Waals surface area contributed by atoms with Crippen LogP contribution in [0.3, 0.4) is 0 Å². The number of benzene rings is 1. The van der Waals surface area contributed by atoms with Crippen molar-refractivity contribution in [3.63, 3.8) is 0 Å². The molecule has 1 aromatic carbocycles. The number of amides is 1. The first-order valence-electron chi connectivity index (χ1n) is 9.87.